The van der Waals surface area contributed by atoms with E-state index in [0.717, 1.165) is 19.1 Å². The Morgan fingerprint density at radius 3 is 2.43 bits per heavy atom. The van der Waals surface area contributed by atoms with Crippen molar-refractivity contribution < 1.29 is 22.7 Å². The molecule has 0 heterocycles. The highest BCUT2D eigenvalue weighted by Crippen LogP contribution is 2.32. The molecule has 1 aliphatic rings. The monoisotopic (exact) mass is 342 g/mol. The third kappa shape index (κ3) is 4.51. The van der Waals surface area contributed by atoms with E-state index >= 15 is 0 Å². The average molecular weight is 342 g/mol. The van der Waals surface area contributed by atoms with Crippen LogP contribution in [0.5, 0.6) is 11.5 Å². The second kappa shape index (κ2) is 7.08. The number of nitrogens with zero attached hydrogens (tertiary/aromatic N) is 1. The number of ether oxygens (including phenoxy) is 2. The lowest BCUT2D eigenvalue weighted by Gasteiger charge is -2.23. The number of rotatable bonds is 8. The summed E-state index contributed by atoms with van der Waals surface area (Å²) in [5.74, 6) is 1.06. The van der Waals surface area contributed by atoms with Gasteiger partial charge in [-0.25, -0.2) is 8.42 Å². The SMILES string of the molecule is COc1ccc(N(CCNC(=O)C2CC2)S(C)(=O)=O)cc1OC. The highest BCUT2D eigenvalue weighted by atomic mass is 32.2. The molecule has 0 aromatic heterocycles. The van der Waals surface area contributed by atoms with Crippen LogP contribution in [-0.4, -0.2) is 47.9 Å². The van der Waals surface area contributed by atoms with E-state index < -0.39 is 10.0 Å². The van der Waals surface area contributed by atoms with Gasteiger partial charge in [0.2, 0.25) is 15.9 Å². The van der Waals surface area contributed by atoms with Crippen LogP contribution >= 0.6 is 0 Å². The number of hydrogen-bond acceptors (Lipinski definition) is 5. The largest absolute Gasteiger partial charge is 0.493 e. The number of methoxy groups -OCH3 is 2. The van der Waals surface area contributed by atoms with Gasteiger partial charge in [-0.1, -0.05) is 0 Å². The zero-order chi connectivity index (χ0) is 17.0. The minimum absolute atomic E-state index is 0.00855. The molecule has 0 atom stereocenters. The number of sulfonamides is 1. The minimum atomic E-state index is -3.48. The second-order valence-electron chi connectivity index (χ2n) is 5.44. The molecular formula is C15H22N2O5S. The fraction of sp³-hybridized carbons (Fsp3) is 0.533. The summed E-state index contributed by atoms with van der Waals surface area (Å²) in [7, 11) is -0.478. The number of carbonyl (C=O) groups excluding carboxylic acids is 1. The quantitative estimate of drug-likeness (QED) is 0.762. The zero-order valence-electron chi connectivity index (χ0n) is 13.5. The number of amides is 1. The molecular weight excluding hydrogens is 320 g/mol. The molecule has 23 heavy (non-hydrogen) atoms. The average Bonchev–Trinajstić information content (AvgIpc) is 3.34. The molecule has 8 heteroatoms. The molecule has 0 saturated heterocycles. The summed E-state index contributed by atoms with van der Waals surface area (Å²) in [4.78, 5) is 11.6. The minimum Gasteiger partial charge on any atom is -0.493 e. The van der Waals surface area contributed by atoms with Gasteiger partial charge in [-0.2, -0.15) is 0 Å². The van der Waals surface area contributed by atoms with Gasteiger partial charge in [0.25, 0.3) is 0 Å². The third-order valence-electron chi connectivity index (χ3n) is 3.62. The van der Waals surface area contributed by atoms with Crippen molar-refractivity contribution in [3.05, 3.63) is 18.2 Å². The Hall–Kier alpha value is -1.96. The first-order valence-electron chi connectivity index (χ1n) is 7.34. The fourth-order valence-corrected chi connectivity index (χ4v) is 3.16. The van der Waals surface area contributed by atoms with Crippen molar-refractivity contribution in [3.63, 3.8) is 0 Å². The molecule has 1 amide bonds. The zero-order valence-corrected chi connectivity index (χ0v) is 14.4. The molecule has 0 spiro atoms. The summed E-state index contributed by atoms with van der Waals surface area (Å²) < 4.78 is 35.7. The molecule has 7 nitrogen and oxygen atoms in total. The van der Waals surface area contributed by atoms with Crippen molar-refractivity contribution in [3.8, 4) is 11.5 Å². The van der Waals surface area contributed by atoms with Gasteiger partial charge in [-0.3, -0.25) is 9.10 Å². The molecule has 128 valence electrons. The Morgan fingerprint density at radius 1 is 1.26 bits per heavy atom. The first-order chi connectivity index (χ1) is 10.9. The van der Waals surface area contributed by atoms with Gasteiger partial charge >= 0.3 is 0 Å². The molecule has 1 aromatic carbocycles. The molecule has 0 unspecified atom stereocenters. The normalized spacial score (nSPS) is 14.2. The van der Waals surface area contributed by atoms with Crippen LogP contribution in [0.1, 0.15) is 12.8 Å². The topological polar surface area (TPSA) is 84.9 Å². The molecule has 0 radical (unpaired) electrons. The molecule has 0 bridgehead atoms. The first-order valence-corrected chi connectivity index (χ1v) is 9.19. The summed E-state index contributed by atoms with van der Waals surface area (Å²) >= 11 is 0. The van der Waals surface area contributed by atoms with E-state index in [1.807, 2.05) is 0 Å². The van der Waals surface area contributed by atoms with Crippen molar-refractivity contribution in [1.29, 1.82) is 0 Å². The van der Waals surface area contributed by atoms with Crippen molar-refractivity contribution in [2.75, 3.05) is 37.9 Å². The molecule has 2 rings (SSSR count). The lowest BCUT2D eigenvalue weighted by Crippen LogP contribution is -2.38. The Labute approximate surface area is 136 Å². The van der Waals surface area contributed by atoms with E-state index in [1.54, 1.807) is 18.2 Å². The highest BCUT2D eigenvalue weighted by molar-refractivity contribution is 7.92. The molecule has 1 fully saturated rings. The number of hydrogen-bond donors (Lipinski definition) is 1. The molecule has 1 aliphatic carbocycles. The van der Waals surface area contributed by atoms with E-state index in [2.05, 4.69) is 5.32 Å². The third-order valence-corrected chi connectivity index (χ3v) is 4.81. The van der Waals surface area contributed by atoms with Gasteiger partial charge in [-0.05, 0) is 25.0 Å². The van der Waals surface area contributed by atoms with E-state index in [0.29, 0.717) is 17.2 Å². The molecule has 1 aromatic rings. The standard InChI is InChI=1S/C15H22N2O5S/c1-21-13-7-6-12(10-14(13)22-2)17(23(3,19)20)9-8-16-15(18)11-4-5-11/h6-7,10-11H,4-5,8-9H2,1-3H3,(H,16,18). The van der Waals surface area contributed by atoms with Gasteiger partial charge in [-0.15, -0.1) is 0 Å². The van der Waals surface area contributed by atoms with Gasteiger partial charge < -0.3 is 14.8 Å². The van der Waals surface area contributed by atoms with Crippen LogP contribution in [0, 0.1) is 5.92 Å². The van der Waals surface area contributed by atoms with Crippen LogP contribution in [0.3, 0.4) is 0 Å². The maximum Gasteiger partial charge on any atom is 0.232 e. The van der Waals surface area contributed by atoms with Crippen LogP contribution < -0.4 is 19.1 Å². The summed E-state index contributed by atoms with van der Waals surface area (Å²) in [6, 6.07) is 4.89. The maximum absolute atomic E-state index is 12.0. The van der Waals surface area contributed by atoms with Gasteiger partial charge in [0.1, 0.15) is 0 Å². The van der Waals surface area contributed by atoms with Crippen LogP contribution in [-0.2, 0) is 14.8 Å². The van der Waals surface area contributed by atoms with Gasteiger partial charge in [0, 0.05) is 18.5 Å². The summed E-state index contributed by atoms with van der Waals surface area (Å²) in [6.45, 7) is 0.420. The Kier molecular flexibility index (Phi) is 5.35. The summed E-state index contributed by atoms with van der Waals surface area (Å²) in [5, 5.41) is 2.77. The number of anilines is 1. The van der Waals surface area contributed by atoms with E-state index in [9.17, 15) is 13.2 Å². The van der Waals surface area contributed by atoms with Crippen LogP contribution in [0.2, 0.25) is 0 Å². The summed E-state index contributed by atoms with van der Waals surface area (Å²) in [5.41, 5.74) is 0.464. The predicted molar refractivity (Wildman–Crippen MR) is 87.5 cm³/mol. The van der Waals surface area contributed by atoms with Crippen molar-refractivity contribution in [2.24, 2.45) is 5.92 Å². The van der Waals surface area contributed by atoms with E-state index in [4.69, 9.17) is 9.47 Å². The van der Waals surface area contributed by atoms with E-state index in [-0.39, 0.29) is 24.9 Å². The predicted octanol–water partition coefficient (Wildman–Crippen LogP) is 0.996. The maximum atomic E-state index is 12.0. The van der Waals surface area contributed by atoms with Crippen molar-refractivity contribution >= 4 is 21.6 Å². The number of nitrogens with one attached hydrogen (secondary N) is 1. The van der Waals surface area contributed by atoms with Gasteiger partial charge in [0.05, 0.1) is 32.7 Å². The number of benzene rings is 1. The van der Waals surface area contributed by atoms with Crippen LogP contribution in [0.15, 0.2) is 18.2 Å². The number of carbonyl (C=O) groups is 1. The second-order valence-corrected chi connectivity index (χ2v) is 7.35. The van der Waals surface area contributed by atoms with Crippen molar-refractivity contribution in [1.82, 2.24) is 5.32 Å². The van der Waals surface area contributed by atoms with Gasteiger partial charge in [0.15, 0.2) is 11.5 Å². The molecule has 0 aliphatic heterocycles. The Bertz CT molecular complexity index is 670. The Morgan fingerprint density at radius 2 is 1.91 bits per heavy atom. The molecule has 1 N–H and O–H groups in total. The first kappa shape index (κ1) is 17.4. The lowest BCUT2D eigenvalue weighted by molar-refractivity contribution is -0.122. The highest BCUT2D eigenvalue weighted by Gasteiger charge is 2.29. The molecule has 1 saturated carbocycles. The Balaban J connectivity index is 2.13. The smallest absolute Gasteiger partial charge is 0.232 e. The summed E-state index contributed by atoms with van der Waals surface area (Å²) in [6.07, 6.45) is 2.96. The van der Waals surface area contributed by atoms with Crippen LogP contribution in [0.25, 0.3) is 0 Å². The fourth-order valence-electron chi connectivity index (χ4n) is 2.24. The lowest BCUT2D eigenvalue weighted by atomic mass is 10.2. The van der Waals surface area contributed by atoms with Crippen LogP contribution in [0.4, 0.5) is 5.69 Å². The van der Waals surface area contributed by atoms with E-state index in [1.165, 1.54) is 18.5 Å². The van der Waals surface area contributed by atoms with Crippen molar-refractivity contribution in [2.45, 2.75) is 12.8 Å².